The van der Waals surface area contributed by atoms with Gasteiger partial charge in [-0.3, -0.25) is 0 Å². The molecule has 0 radical (unpaired) electrons. The van der Waals surface area contributed by atoms with Crippen LogP contribution >= 0.6 is 12.2 Å². The third-order valence-corrected chi connectivity index (χ3v) is 3.76. The standard InChI is InChI=1S/C17H17N3O3S/c1-21-13-8-10(9-14(22-2)15(13)23-3)18-16-11-6-4-5-7-12(11)19-17(24)20-16/h4-9H,1-3H3,(H2,18,19,20,24). The number of benzene rings is 2. The first kappa shape index (κ1) is 16.1. The predicted octanol–water partition coefficient (Wildman–Crippen LogP) is 4.06. The molecule has 0 bridgehead atoms. The lowest BCUT2D eigenvalue weighted by atomic mass is 10.2. The van der Waals surface area contributed by atoms with Crippen LogP contribution in [0.1, 0.15) is 0 Å². The van der Waals surface area contributed by atoms with Gasteiger partial charge in [-0.1, -0.05) is 12.1 Å². The Morgan fingerprint density at radius 2 is 1.67 bits per heavy atom. The molecule has 3 aromatic rings. The minimum atomic E-state index is 0.406. The molecule has 0 spiro atoms. The van der Waals surface area contributed by atoms with Crippen molar-refractivity contribution in [2.45, 2.75) is 0 Å². The Hall–Kier alpha value is -2.80. The molecule has 0 saturated carbocycles. The minimum Gasteiger partial charge on any atom is -0.493 e. The maximum atomic E-state index is 5.38. The molecule has 2 aromatic carbocycles. The average molecular weight is 343 g/mol. The van der Waals surface area contributed by atoms with Crippen LogP contribution in [0.3, 0.4) is 0 Å². The maximum absolute atomic E-state index is 5.38. The highest BCUT2D eigenvalue weighted by atomic mass is 32.1. The van der Waals surface area contributed by atoms with E-state index >= 15 is 0 Å². The molecular weight excluding hydrogens is 326 g/mol. The largest absolute Gasteiger partial charge is 0.493 e. The van der Waals surface area contributed by atoms with Crippen LogP contribution in [0, 0.1) is 4.77 Å². The molecule has 0 aliphatic heterocycles. The number of methoxy groups -OCH3 is 3. The Bertz CT molecular complexity index is 915. The minimum absolute atomic E-state index is 0.406. The highest BCUT2D eigenvalue weighted by Gasteiger charge is 2.14. The molecule has 0 fully saturated rings. The van der Waals surface area contributed by atoms with Gasteiger partial charge in [0.2, 0.25) is 5.75 Å². The Balaban J connectivity index is 2.10. The number of aromatic amines is 1. The van der Waals surface area contributed by atoms with Gasteiger partial charge >= 0.3 is 0 Å². The van der Waals surface area contributed by atoms with Gasteiger partial charge in [0, 0.05) is 23.2 Å². The van der Waals surface area contributed by atoms with E-state index in [1.165, 1.54) is 0 Å². The Morgan fingerprint density at radius 1 is 1.00 bits per heavy atom. The van der Waals surface area contributed by atoms with Gasteiger partial charge in [0.25, 0.3) is 0 Å². The van der Waals surface area contributed by atoms with E-state index in [1.54, 1.807) is 21.3 Å². The van der Waals surface area contributed by atoms with Crippen LogP contribution in [0.2, 0.25) is 0 Å². The van der Waals surface area contributed by atoms with E-state index in [0.29, 0.717) is 27.8 Å². The highest BCUT2D eigenvalue weighted by Crippen LogP contribution is 2.40. The van der Waals surface area contributed by atoms with E-state index in [1.807, 2.05) is 36.4 Å². The van der Waals surface area contributed by atoms with Crippen molar-refractivity contribution in [3.05, 3.63) is 41.2 Å². The molecular formula is C17H17N3O3S. The van der Waals surface area contributed by atoms with Gasteiger partial charge in [0.1, 0.15) is 5.82 Å². The fourth-order valence-electron chi connectivity index (χ4n) is 2.49. The van der Waals surface area contributed by atoms with Crippen molar-refractivity contribution in [2.75, 3.05) is 26.6 Å². The Kier molecular flexibility index (Phi) is 4.52. The Morgan fingerprint density at radius 3 is 2.29 bits per heavy atom. The molecule has 24 heavy (non-hydrogen) atoms. The number of hydrogen-bond donors (Lipinski definition) is 2. The molecule has 0 saturated heterocycles. The fourth-order valence-corrected chi connectivity index (χ4v) is 2.69. The van der Waals surface area contributed by atoms with Gasteiger partial charge in [-0.25, -0.2) is 4.98 Å². The lowest BCUT2D eigenvalue weighted by Crippen LogP contribution is -2.00. The van der Waals surface area contributed by atoms with Gasteiger partial charge in [-0.05, 0) is 24.4 Å². The van der Waals surface area contributed by atoms with Crippen LogP contribution in [0.4, 0.5) is 11.5 Å². The quantitative estimate of drug-likeness (QED) is 0.681. The molecule has 0 atom stereocenters. The van der Waals surface area contributed by atoms with Crippen LogP contribution < -0.4 is 19.5 Å². The fraction of sp³-hybridized carbons (Fsp3) is 0.176. The lowest BCUT2D eigenvalue weighted by Gasteiger charge is -2.15. The van der Waals surface area contributed by atoms with E-state index in [0.717, 1.165) is 16.6 Å². The van der Waals surface area contributed by atoms with Gasteiger partial charge < -0.3 is 24.5 Å². The number of rotatable bonds is 5. The van der Waals surface area contributed by atoms with Crippen molar-refractivity contribution in [3.63, 3.8) is 0 Å². The van der Waals surface area contributed by atoms with Gasteiger partial charge in [0.05, 0.1) is 26.8 Å². The number of aromatic nitrogens is 2. The summed E-state index contributed by atoms with van der Waals surface area (Å²) in [6, 6.07) is 11.4. The summed E-state index contributed by atoms with van der Waals surface area (Å²) in [5.41, 5.74) is 1.66. The summed E-state index contributed by atoms with van der Waals surface area (Å²) in [7, 11) is 4.72. The summed E-state index contributed by atoms with van der Waals surface area (Å²) in [6.07, 6.45) is 0. The number of nitrogens with zero attached hydrogens (tertiary/aromatic N) is 1. The summed E-state index contributed by atoms with van der Waals surface area (Å²) < 4.78 is 16.5. The van der Waals surface area contributed by atoms with Crippen molar-refractivity contribution in [2.24, 2.45) is 0 Å². The molecule has 1 aromatic heterocycles. The number of ether oxygens (including phenoxy) is 3. The molecule has 0 aliphatic rings. The first-order valence-corrected chi connectivity index (χ1v) is 7.63. The zero-order chi connectivity index (χ0) is 17.1. The lowest BCUT2D eigenvalue weighted by molar-refractivity contribution is 0.324. The van der Waals surface area contributed by atoms with Crippen LogP contribution in [-0.4, -0.2) is 31.3 Å². The summed E-state index contributed by atoms with van der Waals surface area (Å²) in [5.74, 6) is 2.31. The molecule has 3 rings (SSSR count). The first-order chi connectivity index (χ1) is 11.7. The normalized spacial score (nSPS) is 10.5. The number of fused-ring (bicyclic) bond motifs is 1. The van der Waals surface area contributed by atoms with Crippen molar-refractivity contribution in [3.8, 4) is 17.2 Å². The van der Waals surface area contributed by atoms with E-state index in [4.69, 9.17) is 26.4 Å². The zero-order valence-corrected chi connectivity index (χ0v) is 14.4. The van der Waals surface area contributed by atoms with E-state index in [-0.39, 0.29) is 0 Å². The van der Waals surface area contributed by atoms with Gasteiger partial charge in [-0.2, -0.15) is 0 Å². The van der Waals surface area contributed by atoms with Crippen molar-refractivity contribution >= 4 is 34.6 Å². The number of nitrogens with one attached hydrogen (secondary N) is 2. The molecule has 6 nitrogen and oxygen atoms in total. The van der Waals surface area contributed by atoms with Gasteiger partial charge in [-0.15, -0.1) is 0 Å². The second-order valence-corrected chi connectivity index (χ2v) is 5.36. The molecule has 1 heterocycles. The van der Waals surface area contributed by atoms with E-state index in [9.17, 15) is 0 Å². The van der Waals surface area contributed by atoms with Gasteiger partial charge in [0.15, 0.2) is 16.3 Å². The molecule has 2 N–H and O–H groups in total. The maximum Gasteiger partial charge on any atom is 0.203 e. The first-order valence-electron chi connectivity index (χ1n) is 7.22. The molecule has 124 valence electrons. The second kappa shape index (κ2) is 6.76. The summed E-state index contributed by atoms with van der Waals surface area (Å²) >= 11 is 5.20. The second-order valence-electron chi connectivity index (χ2n) is 4.98. The predicted molar refractivity (Wildman–Crippen MR) is 96.3 cm³/mol. The third kappa shape index (κ3) is 2.98. The molecule has 0 unspecified atom stereocenters. The smallest absolute Gasteiger partial charge is 0.203 e. The van der Waals surface area contributed by atoms with Crippen LogP contribution in [-0.2, 0) is 0 Å². The van der Waals surface area contributed by atoms with Crippen molar-refractivity contribution in [1.29, 1.82) is 0 Å². The number of para-hydroxylation sites is 1. The third-order valence-electron chi connectivity index (χ3n) is 3.56. The molecule has 0 amide bonds. The topological polar surface area (TPSA) is 68.4 Å². The Labute approximate surface area is 144 Å². The molecule has 7 heteroatoms. The van der Waals surface area contributed by atoms with Crippen LogP contribution in [0.25, 0.3) is 10.9 Å². The van der Waals surface area contributed by atoms with Crippen LogP contribution in [0.15, 0.2) is 36.4 Å². The number of H-pyrrole nitrogens is 1. The van der Waals surface area contributed by atoms with Crippen LogP contribution in [0.5, 0.6) is 17.2 Å². The SMILES string of the molecule is COc1cc(Nc2nc(=S)[nH]c3ccccc23)cc(OC)c1OC. The number of anilines is 2. The van der Waals surface area contributed by atoms with E-state index < -0.39 is 0 Å². The monoisotopic (exact) mass is 343 g/mol. The summed E-state index contributed by atoms with van der Waals surface area (Å²) in [4.78, 5) is 7.46. The number of hydrogen-bond acceptors (Lipinski definition) is 6. The average Bonchev–Trinajstić information content (AvgIpc) is 2.60. The zero-order valence-electron chi connectivity index (χ0n) is 13.5. The highest BCUT2D eigenvalue weighted by molar-refractivity contribution is 7.71. The van der Waals surface area contributed by atoms with E-state index in [2.05, 4.69) is 15.3 Å². The van der Waals surface area contributed by atoms with Crippen molar-refractivity contribution < 1.29 is 14.2 Å². The van der Waals surface area contributed by atoms with Crippen molar-refractivity contribution in [1.82, 2.24) is 9.97 Å². The molecule has 0 aliphatic carbocycles. The summed E-state index contributed by atoms with van der Waals surface area (Å²) in [5, 5.41) is 4.21. The summed E-state index contributed by atoms with van der Waals surface area (Å²) in [6.45, 7) is 0.